The van der Waals surface area contributed by atoms with Gasteiger partial charge in [-0.3, -0.25) is 40.5 Å². The molecule has 8 rings (SSSR count). The Labute approximate surface area is 353 Å². The van der Waals surface area contributed by atoms with Crippen LogP contribution >= 0.6 is 0 Å². The molecule has 0 fully saturated rings. The Balaban J connectivity index is 1.29. The van der Waals surface area contributed by atoms with Crippen molar-refractivity contribution in [3.8, 4) is 44.5 Å². The van der Waals surface area contributed by atoms with Crippen LogP contribution in [0.4, 0.5) is 22.7 Å². The molecular formula is C50H32N4O8. The molecule has 12 nitrogen and oxygen atoms in total. The molecule has 0 aliphatic carbocycles. The highest BCUT2D eigenvalue weighted by atomic mass is 16.6. The summed E-state index contributed by atoms with van der Waals surface area (Å²) in [5.41, 5.74) is 11.9. The lowest BCUT2D eigenvalue weighted by Crippen LogP contribution is -1.98. The Bertz CT molecular complexity index is 2570. The fraction of sp³-hybridized carbons (Fsp3) is 0. The van der Waals surface area contributed by atoms with Gasteiger partial charge in [0.1, 0.15) is 0 Å². The van der Waals surface area contributed by atoms with E-state index in [4.69, 9.17) is 0 Å². The lowest BCUT2D eigenvalue weighted by molar-refractivity contribution is -0.385. The van der Waals surface area contributed by atoms with Crippen LogP contribution in [0.3, 0.4) is 0 Å². The van der Waals surface area contributed by atoms with Crippen LogP contribution in [-0.2, 0) is 0 Å². The van der Waals surface area contributed by atoms with Gasteiger partial charge in [-0.25, -0.2) is 0 Å². The van der Waals surface area contributed by atoms with Gasteiger partial charge in [0.25, 0.3) is 22.7 Å². The van der Waals surface area contributed by atoms with Gasteiger partial charge in [-0.05, 0) is 126 Å². The van der Waals surface area contributed by atoms with Crippen LogP contribution in [0.15, 0.2) is 194 Å². The third kappa shape index (κ3) is 8.46. The molecule has 0 aromatic heterocycles. The van der Waals surface area contributed by atoms with E-state index >= 15 is 0 Å². The van der Waals surface area contributed by atoms with E-state index in [9.17, 15) is 40.5 Å². The van der Waals surface area contributed by atoms with Crippen LogP contribution in [-0.4, -0.2) is 19.7 Å². The van der Waals surface area contributed by atoms with Crippen LogP contribution in [0.1, 0.15) is 22.3 Å². The molecule has 0 aliphatic rings. The summed E-state index contributed by atoms with van der Waals surface area (Å²) in [5.74, 6) is 0. The van der Waals surface area contributed by atoms with Gasteiger partial charge >= 0.3 is 0 Å². The summed E-state index contributed by atoms with van der Waals surface area (Å²) in [7, 11) is 0. The summed E-state index contributed by atoms with van der Waals surface area (Å²) >= 11 is 0. The van der Waals surface area contributed by atoms with E-state index in [0.29, 0.717) is 0 Å². The average Bonchev–Trinajstić information content (AvgIpc) is 3.31. The Morgan fingerprint density at radius 2 is 0.355 bits per heavy atom. The van der Waals surface area contributed by atoms with Crippen molar-refractivity contribution in [3.05, 3.63) is 257 Å². The molecule has 8 aromatic rings. The standard InChI is InChI=1S/C50H32N4O8/c55-51(56)45-25-17-37(18-26-45)33-1-9-41(10-2-33)49(42-11-3-34(4-12-42)38-19-27-46(28-20-38)52(57)58)50(43-13-5-35(6-14-43)39-21-29-47(30-22-39)53(59)60)44-15-7-36(8-16-44)40-23-31-48(32-24-40)54(61)62/h1-32H. The zero-order chi connectivity index (χ0) is 43.3. The minimum absolute atomic E-state index is 0.00315. The van der Waals surface area contributed by atoms with E-state index in [1.165, 1.54) is 48.5 Å². The molecule has 300 valence electrons. The van der Waals surface area contributed by atoms with Crippen LogP contribution in [0.5, 0.6) is 0 Å². The van der Waals surface area contributed by atoms with Gasteiger partial charge in [-0.2, -0.15) is 0 Å². The number of nitro benzene ring substituents is 4. The normalized spacial score (nSPS) is 10.8. The number of hydrogen-bond acceptors (Lipinski definition) is 8. The van der Waals surface area contributed by atoms with Crippen molar-refractivity contribution in [2.45, 2.75) is 0 Å². The van der Waals surface area contributed by atoms with Crippen molar-refractivity contribution in [1.29, 1.82) is 0 Å². The lowest BCUT2D eigenvalue weighted by Gasteiger charge is -2.19. The number of benzene rings is 8. The Hall–Kier alpha value is -8.90. The van der Waals surface area contributed by atoms with Crippen molar-refractivity contribution in [1.82, 2.24) is 0 Å². The molecule has 0 N–H and O–H groups in total. The predicted octanol–water partition coefficient (Wildman–Crippen LogP) is 13.0. The summed E-state index contributed by atoms with van der Waals surface area (Å²) in [6.45, 7) is 0. The summed E-state index contributed by atoms with van der Waals surface area (Å²) in [5, 5.41) is 45.3. The number of nitro groups is 4. The summed E-state index contributed by atoms with van der Waals surface area (Å²) in [6, 6.07) is 57.3. The number of hydrogen-bond donors (Lipinski definition) is 0. The fourth-order valence-corrected chi connectivity index (χ4v) is 7.33. The second-order valence-corrected chi connectivity index (χ2v) is 14.3. The highest BCUT2D eigenvalue weighted by Crippen LogP contribution is 2.40. The Morgan fingerprint density at radius 3 is 0.484 bits per heavy atom. The van der Waals surface area contributed by atoms with E-state index in [-0.39, 0.29) is 22.7 Å². The third-order valence-electron chi connectivity index (χ3n) is 10.6. The molecule has 0 amide bonds. The van der Waals surface area contributed by atoms with Gasteiger partial charge in [0.05, 0.1) is 19.7 Å². The van der Waals surface area contributed by atoms with E-state index in [1.54, 1.807) is 48.5 Å². The number of nitrogens with zero attached hydrogens (tertiary/aromatic N) is 4. The second-order valence-electron chi connectivity index (χ2n) is 14.3. The second kappa shape index (κ2) is 17.1. The van der Waals surface area contributed by atoms with Crippen LogP contribution in [0.25, 0.3) is 55.7 Å². The molecule has 0 atom stereocenters. The first kappa shape index (κ1) is 39.9. The summed E-state index contributed by atoms with van der Waals surface area (Å²) < 4.78 is 0. The molecule has 0 aliphatic heterocycles. The van der Waals surface area contributed by atoms with Crippen molar-refractivity contribution >= 4 is 33.9 Å². The SMILES string of the molecule is O=[N+]([O-])c1ccc(-c2ccc(C(=C(c3ccc(-c4ccc([N+](=O)[O-])cc4)cc3)c3ccc(-c4ccc([N+](=O)[O-])cc4)cc3)c3ccc(-c4ccc([N+](=O)[O-])cc4)cc3)cc2)cc1. The summed E-state index contributed by atoms with van der Waals surface area (Å²) in [6.07, 6.45) is 0. The molecular weight excluding hydrogens is 785 g/mol. The molecule has 0 saturated carbocycles. The van der Waals surface area contributed by atoms with Crippen molar-refractivity contribution < 1.29 is 19.7 Å². The van der Waals surface area contributed by atoms with E-state index < -0.39 is 19.7 Å². The first-order valence-corrected chi connectivity index (χ1v) is 19.2. The topological polar surface area (TPSA) is 173 Å². The average molecular weight is 817 g/mol. The van der Waals surface area contributed by atoms with E-state index in [1.807, 2.05) is 97.1 Å². The molecule has 0 saturated heterocycles. The van der Waals surface area contributed by atoms with E-state index in [2.05, 4.69) is 0 Å². The van der Waals surface area contributed by atoms with Crippen LogP contribution in [0.2, 0.25) is 0 Å². The first-order valence-electron chi connectivity index (χ1n) is 19.2. The molecule has 8 aromatic carbocycles. The van der Waals surface area contributed by atoms with Crippen molar-refractivity contribution in [3.63, 3.8) is 0 Å². The minimum atomic E-state index is -0.435. The third-order valence-corrected chi connectivity index (χ3v) is 10.6. The maximum atomic E-state index is 11.3. The number of non-ortho nitro benzene ring substituents is 4. The van der Waals surface area contributed by atoms with Gasteiger partial charge in [0.2, 0.25) is 0 Å². The monoisotopic (exact) mass is 816 g/mol. The molecule has 0 bridgehead atoms. The molecule has 62 heavy (non-hydrogen) atoms. The minimum Gasteiger partial charge on any atom is -0.258 e. The molecule has 0 radical (unpaired) electrons. The highest BCUT2D eigenvalue weighted by molar-refractivity contribution is 6.05. The molecule has 0 heterocycles. The maximum absolute atomic E-state index is 11.3. The van der Waals surface area contributed by atoms with E-state index in [0.717, 1.165) is 77.9 Å². The zero-order valence-corrected chi connectivity index (χ0v) is 32.5. The van der Waals surface area contributed by atoms with Gasteiger partial charge in [0, 0.05) is 48.5 Å². The highest BCUT2D eigenvalue weighted by Gasteiger charge is 2.19. The number of rotatable bonds is 12. The molecule has 12 heteroatoms. The van der Waals surface area contributed by atoms with Crippen molar-refractivity contribution in [2.24, 2.45) is 0 Å². The van der Waals surface area contributed by atoms with Gasteiger partial charge in [0.15, 0.2) is 0 Å². The maximum Gasteiger partial charge on any atom is 0.269 e. The molecule has 0 spiro atoms. The van der Waals surface area contributed by atoms with Crippen molar-refractivity contribution in [2.75, 3.05) is 0 Å². The summed E-state index contributed by atoms with van der Waals surface area (Å²) in [4.78, 5) is 43.5. The van der Waals surface area contributed by atoms with Crippen LogP contribution < -0.4 is 0 Å². The first-order chi connectivity index (χ1) is 30.0. The van der Waals surface area contributed by atoms with Gasteiger partial charge < -0.3 is 0 Å². The van der Waals surface area contributed by atoms with Gasteiger partial charge in [-0.1, -0.05) is 97.1 Å². The Morgan fingerprint density at radius 1 is 0.226 bits per heavy atom. The lowest BCUT2D eigenvalue weighted by atomic mass is 9.84. The molecule has 0 unspecified atom stereocenters. The van der Waals surface area contributed by atoms with Gasteiger partial charge in [-0.15, -0.1) is 0 Å². The quantitative estimate of drug-likeness (QED) is 0.0665. The smallest absolute Gasteiger partial charge is 0.258 e. The largest absolute Gasteiger partial charge is 0.269 e. The predicted molar refractivity (Wildman–Crippen MR) is 239 cm³/mol. The Kier molecular flexibility index (Phi) is 11.0. The van der Waals surface area contributed by atoms with Crippen LogP contribution in [0, 0.1) is 40.5 Å². The zero-order valence-electron chi connectivity index (χ0n) is 32.5. The fourth-order valence-electron chi connectivity index (χ4n) is 7.33.